The second-order valence-electron chi connectivity index (χ2n) is 8.02. The van der Waals surface area contributed by atoms with Gasteiger partial charge in [-0.25, -0.2) is 4.79 Å². The Morgan fingerprint density at radius 2 is 2.00 bits per heavy atom. The zero-order chi connectivity index (χ0) is 22.8. The van der Waals surface area contributed by atoms with Crippen LogP contribution in [0.2, 0.25) is 0 Å². The average Bonchev–Trinajstić information content (AvgIpc) is 3.31. The number of esters is 1. The van der Waals surface area contributed by atoms with Crippen molar-refractivity contribution in [2.75, 3.05) is 6.61 Å². The molecular weight excluding hydrogens is 428 g/mol. The SMILES string of the molecule is CCCOC(=O)C1=C(C)NC2=C(C(=O)C[C@H](c3cccs3)C2)[C@H]1c1ccc([N+](=O)[O-])cc1. The number of dihydropyridines is 1. The van der Waals surface area contributed by atoms with Crippen LogP contribution in [-0.2, 0) is 14.3 Å². The summed E-state index contributed by atoms with van der Waals surface area (Å²) in [6.07, 6.45) is 1.71. The molecule has 2 aromatic rings. The fourth-order valence-electron chi connectivity index (χ4n) is 4.43. The molecule has 2 atom stereocenters. The van der Waals surface area contributed by atoms with Crippen molar-refractivity contribution >= 4 is 28.8 Å². The van der Waals surface area contributed by atoms with E-state index in [-0.39, 0.29) is 24.0 Å². The molecule has 0 bridgehead atoms. The van der Waals surface area contributed by atoms with Crippen LogP contribution >= 0.6 is 11.3 Å². The highest BCUT2D eigenvalue weighted by Gasteiger charge is 2.41. The third-order valence-electron chi connectivity index (χ3n) is 5.87. The van der Waals surface area contributed by atoms with Gasteiger partial charge in [0.2, 0.25) is 0 Å². The molecule has 2 aliphatic rings. The minimum absolute atomic E-state index is 0.0196. The normalized spacial score (nSPS) is 20.6. The van der Waals surface area contributed by atoms with Crippen molar-refractivity contribution in [1.82, 2.24) is 5.32 Å². The maximum Gasteiger partial charge on any atom is 0.336 e. The molecule has 1 aliphatic carbocycles. The van der Waals surface area contributed by atoms with E-state index in [1.54, 1.807) is 23.5 Å². The topological polar surface area (TPSA) is 98.5 Å². The Labute approximate surface area is 189 Å². The molecule has 1 N–H and O–H groups in total. The summed E-state index contributed by atoms with van der Waals surface area (Å²) in [5.41, 5.74) is 3.02. The van der Waals surface area contributed by atoms with Gasteiger partial charge in [0.1, 0.15) is 0 Å². The maximum absolute atomic E-state index is 13.4. The summed E-state index contributed by atoms with van der Waals surface area (Å²) in [4.78, 5) is 38.2. The summed E-state index contributed by atoms with van der Waals surface area (Å²) >= 11 is 1.64. The number of hydrogen-bond acceptors (Lipinski definition) is 7. The van der Waals surface area contributed by atoms with Crippen molar-refractivity contribution < 1.29 is 19.2 Å². The van der Waals surface area contributed by atoms with E-state index in [4.69, 9.17) is 4.74 Å². The molecule has 1 aromatic carbocycles. The van der Waals surface area contributed by atoms with Gasteiger partial charge in [-0.2, -0.15) is 0 Å². The van der Waals surface area contributed by atoms with Gasteiger partial charge in [0.05, 0.1) is 17.1 Å². The van der Waals surface area contributed by atoms with Crippen LogP contribution in [0.5, 0.6) is 0 Å². The van der Waals surface area contributed by atoms with E-state index >= 15 is 0 Å². The van der Waals surface area contributed by atoms with Crippen LogP contribution in [0.25, 0.3) is 0 Å². The summed E-state index contributed by atoms with van der Waals surface area (Å²) in [5.74, 6) is -1.02. The molecule has 1 aliphatic heterocycles. The van der Waals surface area contributed by atoms with Crippen LogP contribution in [0.3, 0.4) is 0 Å². The number of nitro benzene ring substituents is 1. The standard InChI is InChI=1S/C24H24N2O5S/c1-3-10-31-24(28)21-14(2)25-18-12-16(20-5-4-11-32-20)13-19(27)23(18)22(21)15-6-8-17(9-7-15)26(29)30/h4-9,11,16,22,25H,3,10,12-13H2,1-2H3/t16-,22+/m1/s1. The highest BCUT2D eigenvalue weighted by Crippen LogP contribution is 2.46. The Balaban J connectivity index is 1.78. The number of carbonyl (C=O) groups is 2. The molecule has 7 nitrogen and oxygen atoms in total. The van der Waals surface area contributed by atoms with Crippen molar-refractivity contribution in [2.45, 2.75) is 44.9 Å². The van der Waals surface area contributed by atoms with Gasteiger partial charge in [0.25, 0.3) is 5.69 Å². The first-order valence-electron chi connectivity index (χ1n) is 10.6. The number of benzene rings is 1. The molecule has 32 heavy (non-hydrogen) atoms. The van der Waals surface area contributed by atoms with Crippen LogP contribution in [0, 0.1) is 10.1 Å². The Bertz CT molecular complexity index is 1120. The van der Waals surface area contributed by atoms with Gasteiger partial charge in [0, 0.05) is 52.2 Å². The van der Waals surface area contributed by atoms with E-state index in [0.29, 0.717) is 41.7 Å². The first kappa shape index (κ1) is 22.0. The predicted octanol–water partition coefficient (Wildman–Crippen LogP) is 4.97. The van der Waals surface area contributed by atoms with Crippen molar-refractivity contribution in [1.29, 1.82) is 0 Å². The number of carbonyl (C=O) groups excluding carboxylic acids is 2. The molecule has 0 radical (unpaired) electrons. The highest BCUT2D eigenvalue weighted by atomic mass is 32.1. The Hall–Kier alpha value is -3.26. The fraction of sp³-hybridized carbons (Fsp3) is 0.333. The van der Waals surface area contributed by atoms with E-state index in [9.17, 15) is 19.7 Å². The van der Waals surface area contributed by atoms with Crippen LogP contribution in [0.15, 0.2) is 64.3 Å². The second kappa shape index (κ2) is 9.08. The predicted molar refractivity (Wildman–Crippen MR) is 121 cm³/mol. The molecular formula is C24H24N2O5S. The van der Waals surface area contributed by atoms with Gasteiger partial charge in [-0.1, -0.05) is 25.1 Å². The Morgan fingerprint density at radius 3 is 2.62 bits per heavy atom. The third-order valence-corrected chi connectivity index (χ3v) is 6.90. The number of non-ortho nitro benzene ring substituents is 1. The monoisotopic (exact) mass is 452 g/mol. The molecule has 166 valence electrons. The maximum atomic E-state index is 13.4. The van der Waals surface area contributed by atoms with E-state index < -0.39 is 16.8 Å². The smallest absolute Gasteiger partial charge is 0.336 e. The van der Waals surface area contributed by atoms with Gasteiger partial charge in [-0.3, -0.25) is 14.9 Å². The van der Waals surface area contributed by atoms with Gasteiger partial charge < -0.3 is 10.1 Å². The lowest BCUT2D eigenvalue weighted by Crippen LogP contribution is -2.36. The molecule has 0 fully saturated rings. The number of allylic oxidation sites excluding steroid dienone is 3. The molecule has 4 rings (SSSR count). The number of nitro groups is 1. The van der Waals surface area contributed by atoms with E-state index in [1.807, 2.05) is 31.4 Å². The minimum Gasteiger partial charge on any atom is -0.462 e. The first-order chi connectivity index (χ1) is 15.4. The lowest BCUT2D eigenvalue weighted by Gasteiger charge is -2.36. The van der Waals surface area contributed by atoms with E-state index in [2.05, 4.69) is 5.32 Å². The molecule has 8 heteroatoms. The Morgan fingerprint density at radius 1 is 1.25 bits per heavy atom. The van der Waals surface area contributed by atoms with Crippen molar-refractivity contribution in [3.8, 4) is 0 Å². The summed E-state index contributed by atoms with van der Waals surface area (Å²) in [5, 5.41) is 16.4. The molecule has 0 amide bonds. The van der Waals surface area contributed by atoms with Gasteiger partial charge >= 0.3 is 5.97 Å². The summed E-state index contributed by atoms with van der Waals surface area (Å²) in [6, 6.07) is 10.1. The highest BCUT2D eigenvalue weighted by molar-refractivity contribution is 7.10. The number of rotatable bonds is 6. The summed E-state index contributed by atoms with van der Waals surface area (Å²) in [7, 11) is 0. The van der Waals surface area contributed by atoms with Crippen LogP contribution in [0.4, 0.5) is 5.69 Å². The minimum atomic E-state index is -0.617. The quantitative estimate of drug-likeness (QED) is 0.377. The lowest BCUT2D eigenvalue weighted by atomic mass is 9.72. The van der Waals surface area contributed by atoms with Crippen molar-refractivity contribution in [2.24, 2.45) is 0 Å². The molecule has 2 heterocycles. The third kappa shape index (κ3) is 4.10. The van der Waals surface area contributed by atoms with Gasteiger partial charge in [-0.05, 0) is 36.8 Å². The fourth-order valence-corrected chi connectivity index (χ4v) is 5.26. The summed E-state index contributed by atoms with van der Waals surface area (Å²) in [6.45, 7) is 4.00. The number of ether oxygens (including phenoxy) is 1. The van der Waals surface area contributed by atoms with Gasteiger partial charge in [-0.15, -0.1) is 11.3 Å². The lowest BCUT2D eigenvalue weighted by molar-refractivity contribution is -0.384. The average molecular weight is 453 g/mol. The number of nitrogens with one attached hydrogen (secondary N) is 1. The molecule has 0 saturated carbocycles. The van der Waals surface area contributed by atoms with Crippen molar-refractivity contribution in [3.63, 3.8) is 0 Å². The number of hydrogen-bond donors (Lipinski definition) is 1. The number of nitrogens with zero attached hydrogens (tertiary/aromatic N) is 1. The zero-order valence-electron chi connectivity index (χ0n) is 17.9. The molecule has 0 saturated heterocycles. The molecule has 1 aromatic heterocycles. The zero-order valence-corrected chi connectivity index (χ0v) is 18.7. The summed E-state index contributed by atoms with van der Waals surface area (Å²) < 4.78 is 5.43. The van der Waals surface area contributed by atoms with Crippen LogP contribution in [0.1, 0.15) is 55.4 Å². The molecule has 0 unspecified atom stereocenters. The van der Waals surface area contributed by atoms with E-state index in [0.717, 1.165) is 10.6 Å². The largest absolute Gasteiger partial charge is 0.462 e. The molecule has 0 spiro atoms. The number of ketones is 1. The van der Waals surface area contributed by atoms with Crippen molar-refractivity contribution in [3.05, 3.63) is 84.9 Å². The van der Waals surface area contributed by atoms with Crippen LogP contribution < -0.4 is 5.32 Å². The number of Topliss-reactive ketones (excluding diaryl/α,β-unsaturated/α-hetero) is 1. The first-order valence-corrected chi connectivity index (χ1v) is 11.5. The van der Waals surface area contributed by atoms with E-state index in [1.165, 1.54) is 12.1 Å². The van der Waals surface area contributed by atoms with Crippen LogP contribution in [-0.4, -0.2) is 23.3 Å². The second-order valence-corrected chi connectivity index (χ2v) is 9.00. The Kier molecular flexibility index (Phi) is 6.23. The number of thiophene rings is 1. The van der Waals surface area contributed by atoms with Gasteiger partial charge in [0.15, 0.2) is 5.78 Å².